The fourth-order valence-electron chi connectivity index (χ4n) is 3.41. The monoisotopic (exact) mass is 545 g/mol. The van der Waals surface area contributed by atoms with Crippen LogP contribution in [0.15, 0.2) is 96.1 Å². The van der Waals surface area contributed by atoms with Crippen LogP contribution in [-0.2, 0) is 0 Å². The van der Waals surface area contributed by atoms with Crippen molar-refractivity contribution in [1.29, 1.82) is 0 Å². The van der Waals surface area contributed by atoms with E-state index in [-0.39, 0.29) is 22.2 Å². The summed E-state index contributed by atoms with van der Waals surface area (Å²) in [6, 6.07) is 24.7. The second-order valence-electron chi connectivity index (χ2n) is 8.15. The number of esters is 1. The molecule has 9 heteroatoms. The Morgan fingerprint density at radius 3 is 2.32 bits per heavy atom. The van der Waals surface area contributed by atoms with E-state index in [1.54, 1.807) is 66.7 Å². The van der Waals surface area contributed by atoms with Crippen LogP contribution in [0.5, 0.6) is 5.75 Å². The van der Waals surface area contributed by atoms with Crippen LogP contribution in [0, 0.1) is 6.92 Å². The third-order valence-electron chi connectivity index (χ3n) is 5.32. The van der Waals surface area contributed by atoms with E-state index in [2.05, 4.69) is 15.8 Å². The number of aryl methyl sites for hydroxylation is 1. The van der Waals surface area contributed by atoms with E-state index in [1.807, 2.05) is 19.1 Å². The molecule has 4 aromatic rings. The maximum atomic E-state index is 12.5. The first kappa shape index (κ1) is 26.6. The van der Waals surface area contributed by atoms with E-state index < -0.39 is 11.9 Å². The molecule has 2 N–H and O–H groups in total. The number of hydrazone groups is 1. The van der Waals surface area contributed by atoms with Gasteiger partial charge < -0.3 is 10.1 Å². The van der Waals surface area contributed by atoms with Crippen LogP contribution in [0.2, 0.25) is 10.0 Å². The smallest absolute Gasteiger partial charge is 0.345 e. The highest BCUT2D eigenvalue weighted by atomic mass is 35.5. The van der Waals surface area contributed by atoms with Gasteiger partial charge in [-0.1, -0.05) is 53.0 Å². The molecule has 0 aromatic heterocycles. The van der Waals surface area contributed by atoms with Crippen LogP contribution in [-0.4, -0.2) is 24.0 Å². The molecule has 2 amide bonds. The van der Waals surface area contributed by atoms with Gasteiger partial charge in [-0.2, -0.15) is 5.10 Å². The number of hydrogen-bond acceptors (Lipinski definition) is 5. The zero-order valence-electron chi connectivity index (χ0n) is 20.1. The summed E-state index contributed by atoms with van der Waals surface area (Å²) in [6.45, 7) is 1.91. The normalized spacial score (nSPS) is 10.7. The second-order valence-corrected chi connectivity index (χ2v) is 9.00. The SMILES string of the molecule is Cc1cccc(C(=O)Nc2ccc(C(=O)N/N=C/c3cc(Cl)ccc3OC(=O)c3ccccc3Cl)cc2)c1. The summed E-state index contributed by atoms with van der Waals surface area (Å²) in [7, 11) is 0. The Morgan fingerprint density at radius 1 is 0.816 bits per heavy atom. The number of carbonyl (C=O) groups is 3. The number of nitrogens with zero attached hydrogens (tertiary/aromatic N) is 1. The summed E-state index contributed by atoms with van der Waals surface area (Å²) in [5, 5.41) is 7.41. The first-order valence-electron chi connectivity index (χ1n) is 11.4. The highest BCUT2D eigenvalue weighted by Gasteiger charge is 2.15. The maximum Gasteiger partial charge on any atom is 0.345 e. The highest BCUT2D eigenvalue weighted by molar-refractivity contribution is 6.33. The van der Waals surface area contributed by atoms with Crippen LogP contribution in [0.25, 0.3) is 0 Å². The Hall–Kier alpha value is -4.46. The minimum absolute atomic E-state index is 0.186. The molecule has 0 heterocycles. The van der Waals surface area contributed by atoms with Gasteiger partial charge in [0.15, 0.2) is 0 Å². The van der Waals surface area contributed by atoms with E-state index in [9.17, 15) is 14.4 Å². The molecule has 0 bridgehead atoms. The Bertz CT molecular complexity index is 1540. The van der Waals surface area contributed by atoms with E-state index in [0.29, 0.717) is 27.4 Å². The average molecular weight is 546 g/mol. The van der Waals surface area contributed by atoms with E-state index in [1.165, 1.54) is 18.3 Å². The summed E-state index contributed by atoms with van der Waals surface area (Å²) in [6.07, 6.45) is 1.31. The molecule has 0 unspecified atom stereocenters. The molecule has 4 aromatic carbocycles. The van der Waals surface area contributed by atoms with Gasteiger partial charge in [-0.15, -0.1) is 0 Å². The summed E-state index contributed by atoms with van der Waals surface area (Å²) in [5.74, 6) is -1.19. The lowest BCUT2D eigenvalue weighted by Gasteiger charge is -2.09. The number of carbonyl (C=O) groups excluding carboxylic acids is 3. The number of anilines is 1. The first-order chi connectivity index (χ1) is 18.3. The van der Waals surface area contributed by atoms with Crippen molar-refractivity contribution in [2.45, 2.75) is 6.92 Å². The van der Waals surface area contributed by atoms with Gasteiger partial charge in [-0.25, -0.2) is 10.2 Å². The molecule has 0 fully saturated rings. The minimum atomic E-state index is -0.647. The van der Waals surface area contributed by atoms with Crippen LogP contribution in [0.3, 0.4) is 0 Å². The van der Waals surface area contributed by atoms with Crippen LogP contribution in [0.1, 0.15) is 42.2 Å². The van der Waals surface area contributed by atoms with Crippen molar-refractivity contribution in [3.8, 4) is 5.75 Å². The fraction of sp³-hybridized carbons (Fsp3) is 0.0345. The number of benzene rings is 4. The first-order valence-corrected chi connectivity index (χ1v) is 12.1. The lowest BCUT2D eigenvalue weighted by molar-refractivity contribution is 0.0734. The zero-order chi connectivity index (χ0) is 27.1. The van der Waals surface area contributed by atoms with Gasteiger partial charge in [-0.05, 0) is 73.7 Å². The van der Waals surface area contributed by atoms with Crippen molar-refractivity contribution in [1.82, 2.24) is 5.43 Å². The summed E-state index contributed by atoms with van der Waals surface area (Å²) >= 11 is 12.2. The molecule has 0 saturated heterocycles. The van der Waals surface area contributed by atoms with Crippen molar-refractivity contribution < 1.29 is 19.1 Å². The molecule has 7 nitrogen and oxygen atoms in total. The largest absolute Gasteiger partial charge is 0.422 e. The predicted molar refractivity (Wildman–Crippen MR) is 148 cm³/mol. The van der Waals surface area contributed by atoms with E-state index in [4.69, 9.17) is 27.9 Å². The Morgan fingerprint density at radius 2 is 1.58 bits per heavy atom. The van der Waals surface area contributed by atoms with Crippen LogP contribution >= 0.6 is 23.2 Å². The van der Waals surface area contributed by atoms with Crippen molar-refractivity contribution >= 4 is 52.9 Å². The summed E-state index contributed by atoms with van der Waals surface area (Å²) in [5.41, 5.74) is 5.38. The third kappa shape index (κ3) is 6.85. The average Bonchev–Trinajstić information content (AvgIpc) is 2.90. The molecule has 190 valence electrons. The standard InChI is InChI=1S/C29H21Cl2N3O4/c1-18-5-4-6-20(15-18)27(35)33-23-12-9-19(10-13-23)28(36)34-32-17-21-16-22(30)11-14-26(21)38-29(37)24-7-2-3-8-25(24)31/h2-17H,1H3,(H,33,35)(H,34,36)/b32-17+. The Kier molecular flexibility index (Phi) is 8.53. The molecule has 38 heavy (non-hydrogen) atoms. The van der Waals surface area contributed by atoms with Gasteiger partial charge in [0.25, 0.3) is 11.8 Å². The Balaban J connectivity index is 1.39. The van der Waals surface area contributed by atoms with Gasteiger partial charge in [-0.3, -0.25) is 9.59 Å². The zero-order valence-corrected chi connectivity index (χ0v) is 21.6. The molecule has 0 aliphatic rings. The van der Waals surface area contributed by atoms with E-state index >= 15 is 0 Å². The van der Waals surface area contributed by atoms with Gasteiger partial charge in [0.1, 0.15) is 5.75 Å². The molecular weight excluding hydrogens is 525 g/mol. The lowest BCUT2D eigenvalue weighted by Crippen LogP contribution is -2.18. The topological polar surface area (TPSA) is 96.9 Å². The molecule has 0 saturated carbocycles. The van der Waals surface area contributed by atoms with Gasteiger partial charge in [0.2, 0.25) is 0 Å². The maximum absolute atomic E-state index is 12.5. The second kappa shape index (κ2) is 12.2. The van der Waals surface area contributed by atoms with Gasteiger partial charge >= 0.3 is 5.97 Å². The molecule has 0 aliphatic carbocycles. The fourth-order valence-corrected chi connectivity index (χ4v) is 3.81. The molecule has 0 radical (unpaired) electrons. The quantitative estimate of drug-likeness (QED) is 0.119. The molecular formula is C29H21Cl2N3O4. The van der Waals surface area contributed by atoms with Crippen molar-refractivity contribution in [2.75, 3.05) is 5.32 Å². The molecule has 0 aliphatic heterocycles. The van der Waals surface area contributed by atoms with Gasteiger partial charge in [0, 0.05) is 27.4 Å². The minimum Gasteiger partial charge on any atom is -0.422 e. The third-order valence-corrected chi connectivity index (χ3v) is 5.89. The lowest BCUT2D eigenvalue weighted by atomic mass is 10.1. The van der Waals surface area contributed by atoms with Crippen molar-refractivity contribution in [2.24, 2.45) is 5.10 Å². The Labute approximate surface area is 229 Å². The van der Waals surface area contributed by atoms with Crippen molar-refractivity contribution in [3.63, 3.8) is 0 Å². The number of ether oxygens (including phenoxy) is 1. The van der Waals surface area contributed by atoms with Crippen LogP contribution < -0.4 is 15.5 Å². The number of amides is 2. The van der Waals surface area contributed by atoms with E-state index in [0.717, 1.165) is 5.56 Å². The summed E-state index contributed by atoms with van der Waals surface area (Å²) in [4.78, 5) is 37.5. The van der Waals surface area contributed by atoms with Gasteiger partial charge in [0.05, 0.1) is 16.8 Å². The number of halogens is 2. The molecule has 4 rings (SSSR count). The predicted octanol–water partition coefficient (Wildman–Crippen LogP) is 6.54. The number of rotatable bonds is 7. The number of nitrogens with one attached hydrogen (secondary N) is 2. The highest BCUT2D eigenvalue weighted by Crippen LogP contribution is 2.24. The number of hydrogen-bond donors (Lipinski definition) is 2. The summed E-state index contributed by atoms with van der Waals surface area (Å²) < 4.78 is 5.47. The van der Waals surface area contributed by atoms with Crippen LogP contribution in [0.4, 0.5) is 5.69 Å². The molecule has 0 spiro atoms. The van der Waals surface area contributed by atoms with Crippen molar-refractivity contribution in [3.05, 3.63) is 129 Å². The molecule has 0 atom stereocenters.